The van der Waals surface area contributed by atoms with Gasteiger partial charge in [0.05, 0.1) is 5.69 Å². The average molecular weight is 321 g/mol. The Hall–Kier alpha value is -2.96. The van der Waals surface area contributed by atoms with Gasteiger partial charge in [0.2, 0.25) is 0 Å². The zero-order valence-corrected chi connectivity index (χ0v) is 11.6. The Balaban J connectivity index is 1.85. The van der Waals surface area contributed by atoms with Crippen molar-refractivity contribution in [1.82, 2.24) is 0 Å². The van der Waals surface area contributed by atoms with Crippen LogP contribution < -0.4 is 10.1 Å². The van der Waals surface area contributed by atoms with Crippen molar-refractivity contribution in [3.63, 3.8) is 0 Å². The number of benzene rings is 2. The lowest BCUT2D eigenvalue weighted by Crippen LogP contribution is -2.19. The number of ether oxygens (including phenoxy) is 1. The highest BCUT2D eigenvalue weighted by atomic mass is 19.4. The van der Waals surface area contributed by atoms with Crippen molar-refractivity contribution in [3.05, 3.63) is 60.4 Å². The molecular weight excluding hydrogens is 311 g/mol. The van der Waals surface area contributed by atoms with Gasteiger partial charge < -0.3 is 14.5 Å². The summed E-state index contributed by atoms with van der Waals surface area (Å²) in [6.07, 6.45) is -4.85. The Kier molecular flexibility index (Phi) is 3.69. The van der Waals surface area contributed by atoms with E-state index in [1.165, 1.54) is 24.3 Å². The minimum atomic E-state index is -4.85. The van der Waals surface area contributed by atoms with Crippen molar-refractivity contribution in [1.29, 1.82) is 0 Å². The highest BCUT2D eigenvalue weighted by Gasteiger charge is 2.32. The van der Waals surface area contributed by atoms with Crippen LogP contribution in [0, 0.1) is 0 Å². The molecule has 1 heterocycles. The Morgan fingerprint density at radius 2 is 1.74 bits per heavy atom. The van der Waals surface area contributed by atoms with Crippen LogP contribution in [-0.2, 0) is 0 Å². The van der Waals surface area contributed by atoms with Crippen LogP contribution in [0.5, 0.6) is 5.75 Å². The molecule has 0 aliphatic carbocycles. The molecule has 0 fully saturated rings. The molecular formula is C16H10F3NO3. The monoisotopic (exact) mass is 321 g/mol. The number of carbonyl (C=O) groups excluding carboxylic acids is 1. The van der Waals surface area contributed by atoms with E-state index in [0.717, 1.165) is 11.5 Å². The van der Waals surface area contributed by atoms with Crippen molar-refractivity contribution >= 4 is 22.6 Å². The number of fused-ring (bicyclic) bond motifs is 1. The first-order valence-electron chi connectivity index (χ1n) is 6.57. The molecule has 3 rings (SSSR count). The van der Waals surface area contributed by atoms with Crippen LogP contribution >= 0.6 is 0 Å². The van der Waals surface area contributed by atoms with E-state index in [4.69, 9.17) is 4.42 Å². The first-order valence-corrected chi connectivity index (χ1v) is 6.57. The summed E-state index contributed by atoms with van der Waals surface area (Å²) in [7, 11) is 0. The molecule has 0 bridgehead atoms. The molecule has 0 aliphatic heterocycles. The van der Waals surface area contributed by atoms with Crippen molar-refractivity contribution < 1.29 is 27.1 Å². The first-order chi connectivity index (χ1) is 10.9. The van der Waals surface area contributed by atoms with Crippen molar-refractivity contribution in [2.45, 2.75) is 6.36 Å². The SMILES string of the molecule is O=C(Nc1ccccc1OC(F)(F)F)c1cc2ccccc2o1. The number of rotatable bonds is 3. The predicted octanol–water partition coefficient (Wildman–Crippen LogP) is 4.58. The predicted molar refractivity (Wildman–Crippen MR) is 77.3 cm³/mol. The summed E-state index contributed by atoms with van der Waals surface area (Å²) in [6.45, 7) is 0. The van der Waals surface area contributed by atoms with Gasteiger partial charge in [-0.05, 0) is 24.3 Å². The zero-order chi connectivity index (χ0) is 16.4. The van der Waals surface area contributed by atoms with Gasteiger partial charge in [-0.3, -0.25) is 4.79 Å². The van der Waals surface area contributed by atoms with Crippen LogP contribution in [-0.4, -0.2) is 12.3 Å². The molecule has 2 aromatic carbocycles. The van der Waals surface area contributed by atoms with E-state index in [1.807, 2.05) is 0 Å². The Morgan fingerprint density at radius 1 is 1.04 bits per heavy atom. The summed E-state index contributed by atoms with van der Waals surface area (Å²) >= 11 is 0. The lowest BCUT2D eigenvalue weighted by Gasteiger charge is -2.13. The Morgan fingerprint density at radius 3 is 2.48 bits per heavy atom. The Bertz CT molecular complexity index is 822. The number of nitrogens with one attached hydrogen (secondary N) is 1. The molecule has 0 saturated carbocycles. The van der Waals surface area contributed by atoms with Crippen LogP contribution in [0.3, 0.4) is 0 Å². The maximum atomic E-state index is 12.4. The summed E-state index contributed by atoms with van der Waals surface area (Å²) in [5.74, 6) is -1.17. The topological polar surface area (TPSA) is 51.5 Å². The molecule has 23 heavy (non-hydrogen) atoms. The number of hydrogen-bond acceptors (Lipinski definition) is 3. The van der Waals surface area contributed by atoms with Crippen molar-refractivity contribution in [2.75, 3.05) is 5.32 Å². The molecule has 3 aromatic rings. The third kappa shape index (κ3) is 3.45. The third-order valence-electron chi connectivity index (χ3n) is 3.01. The van der Waals surface area contributed by atoms with Gasteiger partial charge in [-0.15, -0.1) is 13.2 Å². The van der Waals surface area contributed by atoms with E-state index in [2.05, 4.69) is 10.1 Å². The molecule has 7 heteroatoms. The lowest BCUT2D eigenvalue weighted by atomic mass is 10.2. The highest BCUT2D eigenvalue weighted by molar-refractivity contribution is 6.05. The van der Waals surface area contributed by atoms with Crippen LogP contribution in [0.4, 0.5) is 18.9 Å². The maximum Gasteiger partial charge on any atom is 0.573 e. The van der Waals surface area contributed by atoms with E-state index in [-0.39, 0.29) is 11.4 Å². The highest BCUT2D eigenvalue weighted by Crippen LogP contribution is 2.30. The summed E-state index contributed by atoms with van der Waals surface area (Å²) in [6, 6.07) is 13.8. The number of furan rings is 1. The van der Waals surface area contributed by atoms with Crippen LogP contribution in [0.2, 0.25) is 0 Å². The minimum absolute atomic E-state index is 0.00647. The van der Waals surface area contributed by atoms with Crippen LogP contribution in [0.1, 0.15) is 10.6 Å². The van der Waals surface area contributed by atoms with E-state index in [1.54, 1.807) is 24.3 Å². The summed E-state index contributed by atoms with van der Waals surface area (Å²) in [5.41, 5.74) is 0.410. The van der Waals surface area contributed by atoms with Gasteiger partial charge in [-0.25, -0.2) is 0 Å². The molecule has 1 N–H and O–H groups in total. The molecule has 1 aromatic heterocycles. The molecule has 0 unspecified atom stereocenters. The number of para-hydroxylation sites is 3. The molecule has 118 valence electrons. The number of hydrogen-bond donors (Lipinski definition) is 1. The van der Waals surface area contributed by atoms with Gasteiger partial charge in [0.25, 0.3) is 5.91 Å². The second-order valence-corrected chi connectivity index (χ2v) is 4.65. The van der Waals surface area contributed by atoms with Crippen LogP contribution in [0.15, 0.2) is 59.0 Å². The Labute approximate surface area is 128 Å². The normalized spacial score (nSPS) is 11.4. The van der Waals surface area contributed by atoms with Gasteiger partial charge in [-0.2, -0.15) is 0 Å². The van der Waals surface area contributed by atoms with Crippen molar-refractivity contribution in [2.24, 2.45) is 0 Å². The second kappa shape index (κ2) is 5.68. The minimum Gasteiger partial charge on any atom is -0.451 e. The smallest absolute Gasteiger partial charge is 0.451 e. The number of alkyl halides is 3. The second-order valence-electron chi connectivity index (χ2n) is 4.65. The van der Waals surface area contributed by atoms with Crippen LogP contribution in [0.25, 0.3) is 11.0 Å². The molecule has 0 radical (unpaired) electrons. The largest absolute Gasteiger partial charge is 0.573 e. The van der Waals surface area contributed by atoms with E-state index >= 15 is 0 Å². The summed E-state index contributed by atoms with van der Waals surface area (Å²) in [4.78, 5) is 12.2. The fraction of sp³-hybridized carbons (Fsp3) is 0.0625. The fourth-order valence-corrected chi connectivity index (χ4v) is 2.06. The zero-order valence-electron chi connectivity index (χ0n) is 11.6. The van der Waals surface area contributed by atoms with Gasteiger partial charge in [-0.1, -0.05) is 30.3 Å². The number of halogens is 3. The van der Waals surface area contributed by atoms with E-state index < -0.39 is 18.0 Å². The number of amides is 1. The molecule has 0 atom stereocenters. The quantitative estimate of drug-likeness (QED) is 0.768. The number of anilines is 1. The number of carbonyl (C=O) groups is 1. The average Bonchev–Trinajstić information content (AvgIpc) is 2.92. The maximum absolute atomic E-state index is 12.4. The van der Waals surface area contributed by atoms with E-state index in [0.29, 0.717) is 5.58 Å². The molecule has 1 amide bonds. The summed E-state index contributed by atoms with van der Waals surface area (Å²) in [5, 5.41) is 3.07. The molecule has 0 saturated heterocycles. The molecule has 0 spiro atoms. The molecule has 0 aliphatic rings. The van der Waals surface area contributed by atoms with Crippen molar-refractivity contribution in [3.8, 4) is 5.75 Å². The first kappa shape index (κ1) is 15.0. The fourth-order valence-electron chi connectivity index (χ4n) is 2.06. The molecule has 4 nitrogen and oxygen atoms in total. The lowest BCUT2D eigenvalue weighted by molar-refractivity contribution is -0.274. The van der Waals surface area contributed by atoms with Gasteiger partial charge in [0.1, 0.15) is 5.58 Å². The van der Waals surface area contributed by atoms with E-state index in [9.17, 15) is 18.0 Å². The standard InChI is InChI=1S/C16H10F3NO3/c17-16(18,19)23-13-8-4-2-6-11(13)20-15(21)14-9-10-5-1-3-7-12(10)22-14/h1-9H,(H,20,21). The van der Waals surface area contributed by atoms with Gasteiger partial charge >= 0.3 is 6.36 Å². The summed E-state index contributed by atoms with van der Waals surface area (Å²) < 4.78 is 46.4. The van der Waals surface area contributed by atoms with Gasteiger partial charge in [0, 0.05) is 5.39 Å². The third-order valence-corrected chi connectivity index (χ3v) is 3.01. The van der Waals surface area contributed by atoms with Gasteiger partial charge in [0.15, 0.2) is 11.5 Å².